The van der Waals surface area contributed by atoms with E-state index in [0.717, 1.165) is 42.6 Å². The van der Waals surface area contributed by atoms with Crippen LogP contribution in [-0.2, 0) is 11.3 Å². The summed E-state index contributed by atoms with van der Waals surface area (Å²) in [6, 6.07) is 18.2. The van der Waals surface area contributed by atoms with Gasteiger partial charge in [-0.05, 0) is 43.1 Å². The lowest BCUT2D eigenvalue weighted by Crippen LogP contribution is -2.40. The molecule has 1 saturated heterocycles. The molecule has 1 aliphatic rings. The number of anilines is 1. The van der Waals surface area contributed by atoms with Crippen LogP contribution in [0.1, 0.15) is 18.4 Å². The van der Waals surface area contributed by atoms with Crippen LogP contribution in [0.25, 0.3) is 0 Å². The largest absolute Gasteiger partial charge is 0.326 e. The van der Waals surface area contributed by atoms with Crippen molar-refractivity contribution in [3.8, 4) is 0 Å². The molecule has 120 valence electrons. The molecular weight excluding hydrogens is 352 g/mol. The van der Waals surface area contributed by atoms with Gasteiger partial charge < -0.3 is 5.32 Å². The van der Waals surface area contributed by atoms with Crippen molar-refractivity contribution in [2.45, 2.75) is 19.4 Å². The SMILES string of the molecule is O=C(Nc1cccc(Br)c1)C1CCCN(Cc2ccccc2)C1. The molecule has 1 unspecified atom stereocenters. The van der Waals surface area contributed by atoms with Crippen LogP contribution in [0.5, 0.6) is 0 Å². The van der Waals surface area contributed by atoms with Crippen molar-refractivity contribution in [1.82, 2.24) is 4.90 Å². The Kier molecular flexibility index (Phi) is 5.47. The first-order chi connectivity index (χ1) is 11.2. The molecule has 1 amide bonds. The summed E-state index contributed by atoms with van der Waals surface area (Å²) in [7, 11) is 0. The molecule has 0 aromatic heterocycles. The number of carbonyl (C=O) groups excluding carboxylic acids is 1. The molecular formula is C19H21BrN2O. The maximum Gasteiger partial charge on any atom is 0.228 e. The highest BCUT2D eigenvalue weighted by Gasteiger charge is 2.25. The molecule has 3 nitrogen and oxygen atoms in total. The lowest BCUT2D eigenvalue weighted by molar-refractivity contribution is -0.121. The van der Waals surface area contributed by atoms with Gasteiger partial charge in [0.25, 0.3) is 0 Å². The van der Waals surface area contributed by atoms with E-state index in [9.17, 15) is 4.79 Å². The fourth-order valence-corrected chi connectivity index (χ4v) is 3.46. The molecule has 0 radical (unpaired) electrons. The fourth-order valence-electron chi connectivity index (χ4n) is 3.07. The van der Waals surface area contributed by atoms with E-state index in [4.69, 9.17) is 0 Å². The van der Waals surface area contributed by atoms with E-state index >= 15 is 0 Å². The molecule has 23 heavy (non-hydrogen) atoms. The summed E-state index contributed by atoms with van der Waals surface area (Å²) >= 11 is 3.44. The first-order valence-electron chi connectivity index (χ1n) is 8.03. The molecule has 0 bridgehead atoms. The summed E-state index contributed by atoms with van der Waals surface area (Å²) in [5.41, 5.74) is 2.16. The Morgan fingerprint density at radius 3 is 2.78 bits per heavy atom. The third kappa shape index (κ3) is 4.66. The van der Waals surface area contributed by atoms with Gasteiger partial charge in [-0.1, -0.05) is 52.3 Å². The van der Waals surface area contributed by atoms with E-state index in [1.165, 1.54) is 5.56 Å². The summed E-state index contributed by atoms with van der Waals surface area (Å²) < 4.78 is 0.977. The summed E-state index contributed by atoms with van der Waals surface area (Å²) in [5.74, 6) is 0.187. The molecule has 4 heteroatoms. The number of nitrogens with one attached hydrogen (secondary N) is 1. The second-order valence-electron chi connectivity index (χ2n) is 6.06. The molecule has 0 aliphatic carbocycles. The second kappa shape index (κ2) is 7.75. The number of likely N-dealkylation sites (tertiary alicyclic amines) is 1. The summed E-state index contributed by atoms with van der Waals surface area (Å²) in [4.78, 5) is 14.9. The zero-order valence-electron chi connectivity index (χ0n) is 13.0. The van der Waals surface area contributed by atoms with E-state index in [-0.39, 0.29) is 11.8 Å². The van der Waals surface area contributed by atoms with Crippen LogP contribution in [0.15, 0.2) is 59.1 Å². The van der Waals surface area contributed by atoms with E-state index in [1.807, 2.05) is 30.3 Å². The molecule has 1 aliphatic heterocycles. The van der Waals surface area contributed by atoms with Gasteiger partial charge in [0.1, 0.15) is 0 Å². The second-order valence-corrected chi connectivity index (χ2v) is 6.98. The normalized spacial score (nSPS) is 18.6. The lowest BCUT2D eigenvalue weighted by atomic mass is 9.96. The number of benzene rings is 2. The number of amides is 1. The topological polar surface area (TPSA) is 32.3 Å². The molecule has 0 saturated carbocycles. The van der Waals surface area contributed by atoms with Gasteiger partial charge in [-0.25, -0.2) is 0 Å². The minimum Gasteiger partial charge on any atom is -0.326 e. The molecule has 1 N–H and O–H groups in total. The minimum atomic E-state index is 0.0615. The zero-order valence-corrected chi connectivity index (χ0v) is 14.6. The monoisotopic (exact) mass is 372 g/mol. The molecule has 1 fully saturated rings. The highest BCUT2D eigenvalue weighted by Crippen LogP contribution is 2.21. The Morgan fingerprint density at radius 2 is 2.00 bits per heavy atom. The van der Waals surface area contributed by atoms with E-state index < -0.39 is 0 Å². The van der Waals surface area contributed by atoms with Gasteiger partial charge >= 0.3 is 0 Å². The first-order valence-corrected chi connectivity index (χ1v) is 8.83. The standard InChI is InChI=1S/C19H21BrN2O/c20-17-9-4-10-18(12-17)21-19(23)16-8-5-11-22(14-16)13-15-6-2-1-3-7-15/h1-4,6-7,9-10,12,16H,5,8,11,13-14H2,(H,21,23). The van der Waals surface area contributed by atoms with E-state index in [0.29, 0.717) is 0 Å². The summed E-state index contributed by atoms with van der Waals surface area (Å²) in [5, 5.41) is 3.04. The number of hydrogen-bond acceptors (Lipinski definition) is 2. The number of piperidine rings is 1. The smallest absolute Gasteiger partial charge is 0.228 e. The third-order valence-electron chi connectivity index (χ3n) is 4.22. The van der Waals surface area contributed by atoms with Gasteiger partial charge in [0.2, 0.25) is 5.91 Å². The average Bonchev–Trinajstić information content (AvgIpc) is 2.56. The van der Waals surface area contributed by atoms with Gasteiger partial charge in [-0.15, -0.1) is 0 Å². The van der Waals surface area contributed by atoms with Crippen molar-refractivity contribution in [2.24, 2.45) is 5.92 Å². The van der Waals surface area contributed by atoms with Gasteiger partial charge in [-0.3, -0.25) is 9.69 Å². The Morgan fingerprint density at radius 1 is 1.17 bits per heavy atom. The van der Waals surface area contributed by atoms with Crippen LogP contribution in [-0.4, -0.2) is 23.9 Å². The number of carbonyl (C=O) groups is 1. The highest BCUT2D eigenvalue weighted by molar-refractivity contribution is 9.10. The Balaban J connectivity index is 1.58. The van der Waals surface area contributed by atoms with Crippen molar-refractivity contribution in [3.63, 3.8) is 0 Å². The summed E-state index contributed by atoms with van der Waals surface area (Å²) in [6.07, 6.45) is 2.04. The van der Waals surface area contributed by atoms with Crippen molar-refractivity contribution < 1.29 is 4.79 Å². The van der Waals surface area contributed by atoms with Crippen LogP contribution in [0.3, 0.4) is 0 Å². The van der Waals surface area contributed by atoms with Gasteiger partial charge in [-0.2, -0.15) is 0 Å². The molecule has 0 spiro atoms. The fraction of sp³-hybridized carbons (Fsp3) is 0.316. The highest BCUT2D eigenvalue weighted by atomic mass is 79.9. The number of nitrogens with zero attached hydrogens (tertiary/aromatic N) is 1. The first kappa shape index (κ1) is 16.2. The zero-order chi connectivity index (χ0) is 16.1. The summed E-state index contributed by atoms with van der Waals surface area (Å²) in [6.45, 7) is 2.81. The molecule has 2 aromatic rings. The number of halogens is 1. The van der Waals surface area contributed by atoms with Crippen LogP contribution < -0.4 is 5.32 Å². The molecule has 1 heterocycles. The van der Waals surface area contributed by atoms with Crippen LogP contribution in [0.2, 0.25) is 0 Å². The predicted molar refractivity (Wildman–Crippen MR) is 97.2 cm³/mol. The number of rotatable bonds is 4. The van der Waals surface area contributed by atoms with Gasteiger partial charge in [0, 0.05) is 23.2 Å². The van der Waals surface area contributed by atoms with Gasteiger partial charge in [0.05, 0.1) is 5.92 Å². The Hall–Kier alpha value is -1.65. The quantitative estimate of drug-likeness (QED) is 0.867. The Bertz CT molecular complexity index is 659. The predicted octanol–water partition coefficient (Wildman–Crippen LogP) is 4.30. The van der Waals surface area contributed by atoms with Crippen LogP contribution >= 0.6 is 15.9 Å². The number of hydrogen-bond donors (Lipinski definition) is 1. The van der Waals surface area contributed by atoms with Crippen molar-refractivity contribution in [3.05, 3.63) is 64.6 Å². The maximum absolute atomic E-state index is 12.5. The van der Waals surface area contributed by atoms with Crippen LogP contribution in [0, 0.1) is 5.92 Å². The van der Waals surface area contributed by atoms with Gasteiger partial charge in [0.15, 0.2) is 0 Å². The van der Waals surface area contributed by atoms with Crippen molar-refractivity contribution in [2.75, 3.05) is 18.4 Å². The molecule has 1 atom stereocenters. The maximum atomic E-state index is 12.5. The molecule has 3 rings (SSSR count). The average molecular weight is 373 g/mol. The van der Waals surface area contributed by atoms with Crippen molar-refractivity contribution >= 4 is 27.5 Å². The van der Waals surface area contributed by atoms with E-state index in [2.05, 4.69) is 50.4 Å². The Labute approximate surface area is 145 Å². The molecule has 2 aromatic carbocycles. The van der Waals surface area contributed by atoms with Crippen molar-refractivity contribution in [1.29, 1.82) is 0 Å². The van der Waals surface area contributed by atoms with Crippen LogP contribution in [0.4, 0.5) is 5.69 Å². The lowest BCUT2D eigenvalue weighted by Gasteiger charge is -2.32. The van der Waals surface area contributed by atoms with E-state index in [1.54, 1.807) is 0 Å². The third-order valence-corrected chi connectivity index (χ3v) is 4.71. The minimum absolute atomic E-state index is 0.0615.